The van der Waals surface area contributed by atoms with Gasteiger partial charge in [-0.05, 0) is 64.3 Å². The number of carbonyl (C=O) groups excluding carboxylic acids is 2. The molecule has 0 radical (unpaired) electrons. The van der Waals surface area contributed by atoms with Gasteiger partial charge in [0.25, 0.3) is 5.91 Å². The summed E-state index contributed by atoms with van der Waals surface area (Å²) in [7, 11) is 0. The quantitative estimate of drug-likeness (QED) is 0.162. The minimum atomic E-state index is -1.16. The number of fused-ring (bicyclic) bond motifs is 3. The SMILES string of the molecule is C[C@@H](NC(=O)[C@H](Cc1ccc(-c2ncc(-c3ccc4c(c3)Cc3ccccc3-4)cn2)cc1)NC(=O)c1ccc(C(C)(C)C)s1)C(=O)O. The van der Waals surface area contributed by atoms with Crippen molar-refractivity contribution in [3.05, 3.63) is 118 Å². The fourth-order valence-electron chi connectivity index (χ4n) is 5.65. The number of hydrogen-bond acceptors (Lipinski definition) is 6. The molecule has 0 saturated heterocycles. The van der Waals surface area contributed by atoms with Crippen LogP contribution in [0.15, 0.2) is 91.3 Å². The van der Waals surface area contributed by atoms with Crippen LogP contribution in [0.5, 0.6) is 0 Å². The van der Waals surface area contributed by atoms with Crippen LogP contribution in [0.2, 0.25) is 0 Å². The molecule has 2 atom stereocenters. The molecule has 3 aromatic carbocycles. The normalized spacial score (nSPS) is 13.3. The van der Waals surface area contributed by atoms with Crippen molar-refractivity contribution in [3.63, 3.8) is 0 Å². The van der Waals surface area contributed by atoms with E-state index in [2.05, 4.69) is 83.8 Å². The fourth-order valence-corrected chi connectivity index (χ4v) is 6.62. The third-order valence-corrected chi connectivity index (χ3v) is 9.86. The Hall–Kier alpha value is -5.15. The summed E-state index contributed by atoms with van der Waals surface area (Å²) >= 11 is 1.38. The lowest BCUT2D eigenvalue weighted by Crippen LogP contribution is -2.51. The maximum atomic E-state index is 13.2. The molecule has 0 unspecified atom stereocenters. The Balaban J connectivity index is 1.16. The Morgan fingerprint density at radius 3 is 2.19 bits per heavy atom. The van der Waals surface area contributed by atoms with E-state index in [9.17, 15) is 19.5 Å². The first-order valence-electron chi connectivity index (χ1n) is 15.5. The van der Waals surface area contributed by atoms with Gasteiger partial charge < -0.3 is 15.7 Å². The molecule has 1 aliphatic carbocycles. The highest BCUT2D eigenvalue weighted by molar-refractivity contribution is 7.14. The zero-order valence-electron chi connectivity index (χ0n) is 26.7. The minimum Gasteiger partial charge on any atom is -0.480 e. The molecule has 6 rings (SSSR count). The first kappa shape index (κ1) is 31.8. The molecule has 2 amide bonds. The lowest BCUT2D eigenvalue weighted by Gasteiger charge is -2.20. The van der Waals surface area contributed by atoms with Gasteiger partial charge in [0.2, 0.25) is 5.91 Å². The second-order valence-corrected chi connectivity index (χ2v) is 14.0. The van der Waals surface area contributed by atoms with Crippen LogP contribution in [0.4, 0.5) is 0 Å². The van der Waals surface area contributed by atoms with Crippen molar-refractivity contribution < 1.29 is 19.5 Å². The number of hydrogen-bond donors (Lipinski definition) is 3. The molecule has 0 spiro atoms. The molecular weight excluding hydrogens is 609 g/mol. The average Bonchev–Trinajstić information content (AvgIpc) is 3.70. The van der Waals surface area contributed by atoms with Gasteiger partial charge in [0, 0.05) is 34.8 Å². The predicted octanol–water partition coefficient (Wildman–Crippen LogP) is 6.67. The van der Waals surface area contributed by atoms with Gasteiger partial charge in [-0.15, -0.1) is 11.3 Å². The fraction of sp³-hybridized carbons (Fsp3) is 0.237. The highest BCUT2D eigenvalue weighted by Gasteiger charge is 2.27. The summed E-state index contributed by atoms with van der Waals surface area (Å²) in [6.45, 7) is 7.60. The average molecular weight is 645 g/mol. The van der Waals surface area contributed by atoms with E-state index in [0.29, 0.717) is 10.7 Å². The first-order valence-corrected chi connectivity index (χ1v) is 16.4. The van der Waals surface area contributed by atoms with E-state index in [4.69, 9.17) is 0 Å². The summed E-state index contributed by atoms with van der Waals surface area (Å²) in [5.74, 6) is -1.54. The van der Waals surface area contributed by atoms with Gasteiger partial charge in [0.1, 0.15) is 12.1 Å². The molecule has 238 valence electrons. The number of carbonyl (C=O) groups is 3. The van der Waals surface area contributed by atoms with Gasteiger partial charge in [-0.2, -0.15) is 0 Å². The summed E-state index contributed by atoms with van der Waals surface area (Å²) in [6, 6.07) is 24.1. The zero-order chi connectivity index (χ0) is 33.3. The van der Waals surface area contributed by atoms with E-state index >= 15 is 0 Å². The van der Waals surface area contributed by atoms with Gasteiger partial charge in [0.15, 0.2) is 5.82 Å². The maximum absolute atomic E-state index is 13.2. The summed E-state index contributed by atoms with van der Waals surface area (Å²) in [4.78, 5) is 48.5. The summed E-state index contributed by atoms with van der Waals surface area (Å²) < 4.78 is 0. The number of carboxylic acid groups (broad SMARTS) is 1. The second-order valence-electron chi connectivity index (χ2n) is 12.9. The minimum absolute atomic E-state index is 0.114. The smallest absolute Gasteiger partial charge is 0.325 e. The van der Waals surface area contributed by atoms with Gasteiger partial charge in [0.05, 0.1) is 4.88 Å². The third kappa shape index (κ3) is 7.00. The largest absolute Gasteiger partial charge is 0.480 e. The summed E-state index contributed by atoms with van der Waals surface area (Å²) in [6.07, 6.45) is 4.75. The number of aromatic nitrogens is 2. The third-order valence-electron chi connectivity index (χ3n) is 8.35. The summed E-state index contributed by atoms with van der Waals surface area (Å²) in [5.41, 5.74) is 8.70. The Bertz CT molecular complexity index is 1960. The number of carboxylic acids is 1. The molecule has 3 N–H and O–H groups in total. The Morgan fingerprint density at radius 2 is 1.51 bits per heavy atom. The molecule has 0 aliphatic heterocycles. The molecule has 5 aromatic rings. The van der Waals surface area contributed by atoms with Crippen molar-refractivity contribution in [2.75, 3.05) is 0 Å². The number of amides is 2. The molecule has 9 heteroatoms. The highest BCUT2D eigenvalue weighted by Crippen LogP contribution is 2.38. The van der Waals surface area contributed by atoms with Crippen LogP contribution in [0.3, 0.4) is 0 Å². The molecule has 0 fully saturated rings. The number of nitrogens with zero attached hydrogens (tertiary/aromatic N) is 2. The standard InChI is InChI=1S/C38H36N4O4S/c1-22(37(45)46)41-35(43)31(42-36(44)32-15-16-33(47-32)38(2,3)4)17-23-9-11-24(12-10-23)34-39-20-28(21-40-34)25-13-14-30-27(18-25)19-26-7-5-6-8-29(26)30/h5-16,18,20-22,31H,17,19H2,1-4H3,(H,41,43)(H,42,44)(H,45,46)/t22-,31+/m1/s1. The molecular formula is C38H36N4O4S. The Morgan fingerprint density at radius 1 is 0.830 bits per heavy atom. The lowest BCUT2D eigenvalue weighted by molar-refractivity contribution is -0.141. The molecule has 8 nitrogen and oxygen atoms in total. The lowest BCUT2D eigenvalue weighted by atomic mass is 9.95. The van der Waals surface area contributed by atoms with Gasteiger partial charge >= 0.3 is 5.97 Å². The molecule has 0 bridgehead atoms. The predicted molar refractivity (Wildman–Crippen MR) is 184 cm³/mol. The van der Waals surface area contributed by atoms with Crippen molar-refractivity contribution in [1.82, 2.24) is 20.6 Å². The topological polar surface area (TPSA) is 121 Å². The van der Waals surface area contributed by atoms with Crippen LogP contribution in [0.25, 0.3) is 33.6 Å². The van der Waals surface area contributed by atoms with Gasteiger partial charge in [-0.3, -0.25) is 14.4 Å². The van der Waals surface area contributed by atoms with E-state index in [1.807, 2.05) is 42.7 Å². The molecule has 47 heavy (non-hydrogen) atoms. The zero-order valence-corrected chi connectivity index (χ0v) is 27.5. The van der Waals surface area contributed by atoms with E-state index in [1.165, 1.54) is 40.5 Å². The molecule has 2 aromatic heterocycles. The van der Waals surface area contributed by atoms with Crippen molar-refractivity contribution in [3.8, 4) is 33.6 Å². The molecule has 1 aliphatic rings. The molecule has 2 heterocycles. The van der Waals surface area contributed by atoms with Crippen LogP contribution < -0.4 is 10.6 Å². The number of benzene rings is 3. The van der Waals surface area contributed by atoms with Crippen LogP contribution in [0.1, 0.15) is 58.9 Å². The van der Waals surface area contributed by atoms with Crippen molar-refractivity contribution in [2.24, 2.45) is 0 Å². The first-order chi connectivity index (χ1) is 22.5. The van der Waals surface area contributed by atoms with Crippen LogP contribution in [-0.4, -0.2) is 44.9 Å². The number of aliphatic carboxylic acids is 1. The second kappa shape index (κ2) is 12.9. The number of thiophene rings is 1. The van der Waals surface area contributed by atoms with E-state index in [1.54, 1.807) is 6.07 Å². The van der Waals surface area contributed by atoms with Crippen molar-refractivity contribution in [2.45, 2.75) is 58.0 Å². The van der Waals surface area contributed by atoms with Gasteiger partial charge in [-0.25, -0.2) is 9.97 Å². The van der Waals surface area contributed by atoms with Crippen LogP contribution >= 0.6 is 11.3 Å². The van der Waals surface area contributed by atoms with E-state index in [0.717, 1.165) is 33.6 Å². The van der Waals surface area contributed by atoms with Gasteiger partial charge in [-0.1, -0.05) is 87.5 Å². The maximum Gasteiger partial charge on any atom is 0.325 e. The monoisotopic (exact) mass is 644 g/mol. The van der Waals surface area contributed by atoms with E-state index < -0.39 is 24.0 Å². The Kier molecular flexibility index (Phi) is 8.75. The van der Waals surface area contributed by atoms with E-state index in [-0.39, 0.29) is 17.7 Å². The summed E-state index contributed by atoms with van der Waals surface area (Å²) in [5, 5.41) is 14.6. The number of rotatable bonds is 9. The van der Waals surface area contributed by atoms with Crippen LogP contribution in [-0.2, 0) is 27.8 Å². The van der Waals surface area contributed by atoms with Crippen molar-refractivity contribution in [1.29, 1.82) is 0 Å². The Labute approximate surface area is 277 Å². The van der Waals surface area contributed by atoms with Crippen molar-refractivity contribution >= 4 is 29.1 Å². The molecule has 0 saturated carbocycles. The number of nitrogens with one attached hydrogen (secondary N) is 2. The van der Waals surface area contributed by atoms with Crippen LogP contribution in [0, 0.1) is 0 Å². The highest BCUT2D eigenvalue weighted by atomic mass is 32.1.